The van der Waals surface area contributed by atoms with Gasteiger partial charge in [0.1, 0.15) is 5.82 Å². The largest absolute Gasteiger partial charge is 0.356 e. The molecule has 0 bridgehead atoms. The van der Waals surface area contributed by atoms with Crippen molar-refractivity contribution in [2.24, 2.45) is 5.92 Å². The maximum atomic E-state index is 11.4. The summed E-state index contributed by atoms with van der Waals surface area (Å²) in [4.78, 5) is 22.4. The molecule has 3 heterocycles. The van der Waals surface area contributed by atoms with Crippen molar-refractivity contribution < 1.29 is 9.32 Å². The summed E-state index contributed by atoms with van der Waals surface area (Å²) in [6.45, 7) is 7.28. The summed E-state index contributed by atoms with van der Waals surface area (Å²) in [6, 6.07) is 4.10. The van der Waals surface area contributed by atoms with Crippen molar-refractivity contribution in [3.05, 3.63) is 24.2 Å². The van der Waals surface area contributed by atoms with Crippen LogP contribution in [0.1, 0.15) is 32.5 Å². The molecular weight excluding hydrogens is 306 g/mol. The number of hydrogen-bond donors (Lipinski definition) is 1. The van der Waals surface area contributed by atoms with Gasteiger partial charge in [-0.1, -0.05) is 12.1 Å². The zero-order valence-electron chi connectivity index (χ0n) is 14.3. The molecular formula is C17H23N5O2. The zero-order chi connectivity index (χ0) is 17.1. The number of carbonyl (C=O) groups is 1. The Morgan fingerprint density at radius 2 is 2.33 bits per heavy atom. The topological polar surface area (TPSA) is 84.2 Å². The lowest BCUT2D eigenvalue weighted by molar-refractivity contribution is -0.120. The predicted molar refractivity (Wildman–Crippen MR) is 90.5 cm³/mol. The first kappa shape index (κ1) is 16.4. The number of nitrogens with zero attached hydrogens (tertiary/aromatic N) is 4. The van der Waals surface area contributed by atoms with Gasteiger partial charge in [0, 0.05) is 37.8 Å². The molecule has 1 fully saturated rings. The fourth-order valence-corrected chi connectivity index (χ4v) is 3.24. The normalized spacial score (nSPS) is 20.9. The standard InChI is InChI=1S/C17H23N5O2/c1-4-13-10-22(8-6-15(13)20-12(3)23)16-9-14(5-7-18-16)17-19-11(2)21-24-17/h5,7,9,13,15H,4,6,8,10H2,1-3H3,(H,20,23)/t13-,15+/m1/s1. The molecule has 7 nitrogen and oxygen atoms in total. The van der Waals surface area contributed by atoms with E-state index in [9.17, 15) is 4.79 Å². The van der Waals surface area contributed by atoms with Crippen LogP contribution in [-0.2, 0) is 4.79 Å². The van der Waals surface area contributed by atoms with Crippen molar-refractivity contribution in [2.75, 3.05) is 18.0 Å². The molecule has 1 amide bonds. The van der Waals surface area contributed by atoms with Crippen LogP contribution in [0.5, 0.6) is 0 Å². The highest BCUT2D eigenvalue weighted by atomic mass is 16.5. The van der Waals surface area contributed by atoms with Crippen LogP contribution < -0.4 is 10.2 Å². The Balaban J connectivity index is 1.76. The average Bonchev–Trinajstić information content (AvgIpc) is 3.01. The van der Waals surface area contributed by atoms with Crippen LogP contribution in [0.4, 0.5) is 5.82 Å². The summed E-state index contributed by atoms with van der Waals surface area (Å²) in [5.74, 6) is 2.49. The van der Waals surface area contributed by atoms with E-state index in [2.05, 4.69) is 32.3 Å². The molecule has 0 spiro atoms. The van der Waals surface area contributed by atoms with Gasteiger partial charge in [-0.25, -0.2) is 4.98 Å². The Bertz CT molecular complexity index is 715. The number of aromatic nitrogens is 3. The summed E-state index contributed by atoms with van der Waals surface area (Å²) < 4.78 is 5.24. The van der Waals surface area contributed by atoms with Gasteiger partial charge in [-0.15, -0.1) is 0 Å². The van der Waals surface area contributed by atoms with Crippen LogP contribution in [0.3, 0.4) is 0 Å². The van der Waals surface area contributed by atoms with Crippen molar-refractivity contribution in [1.29, 1.82) is 0 Å². The maximum absolute atomic E-state index is 11.4. The van der Waals surface area contributed by atoms with Crippen LogP contribution in [0, 0.1) is 12.8 Å². The number of aryl methyl sites for hydroxylation is 1. The molecule has 1 aliphatic heterocycles. The second kappa shape index (κ2) is 6.98. The van der Waals surface area contributed by atoms with Crippen molar-refractivity contribution in [2.45, 2.75) is 39.7 Å². The predicted octanol–water partition coefficient (Wildman–Crippen LogP) is 2.18. The van der Waals surface area contributed by atoms with E-state index in [0.29, 0.717) is 17.6 Å². The number of carbonyl (C=O) groups excluding carboxylic acids is 1. The Hall–Kier alpha value is -2.44. The second-order valence-electron chi connectivity index (χ2n) is 6.26. The third kappa shape index (κ3) is 3.55. The van der Waals surface area contributed by atoms with Gasteiger partial charge in [-0.05, 0) is 37.8 Å². The van der Waals surface area contributed by atoms with Gasteiger partial charge in [0.2, 0.25) is 5.91 Å². The number of hydrogen-bond acceptors (Lipinski definition) is 6. The molecule has 0 aliphatic carbocycles. The molecule has 1 aliphatic rings. The number of amides is 1. The van der Waals surface area contributed by atoms with E-state index < -0.39 is 0 Å². The fraction of sp³-hybridized carbons (Fsp3) is 0.529. The molecule has 2 aromatic heterocycles. The van der Waals surface area contributed by atoms with E-state index in [1.54, 1.807) is 20.0 Å². The Morgan fingerprint density at radius 3 is 3.00 bits per heavy atom. The third-order valence-corrected chi connectivity index (χ3v) is 4.49. The monoisotopic (exact) mass is 329 g/mol. The van der Waals surface area contributed by atoms with Gasteiger partial charge in [0.05, 0.1) is 0 Å². The lowest BCUT2D eigenvalue weighted by Crippen LogP contribution is -2.50. The first-order valence-corrected chi connectivity index (χ1v) is 8.35. The van der Waals surface area contributed by atoms with Gasteiger partial charge in [0.25, 0.3) is 5.89 Å². The van der Waals surface area contributed by atoms with Crippen LogP contribution in [0.25, 0.3) is 11.5 Å². The van der Waals surface area contributed by atoms with Gasteiger partial charge < -0.3 is 14.7 Å². The lowest BCUT2D eigenvalue weighted by atomic mass is 9.90. The lowest BCUT2D eigenvalue weighted by Gasteiger charge is -2.39. The summed E-state index contributed by atoms with van der Waals surface area (Å²) in [6.07, 6.45) is 3.71. The van der Waals surface area contributed by atoms with E-state index in [1.807, 2.05) is 12.1 Å². The van der Waals surface area contributed by atoms with Crippen LogP contribution in [-0.4, -0.2) is 40.2 Å². The molecule has 1 saturated heterocycles. The minimum Gasteiger partial charge on any atom is -0.356 e. The van der Waals surface area contributed by atoms with E-state index >= 15 is 0 Å². The first-order chi connectivity index (χ1) is 11.6. The number of piperidine rings is 1. The quantitative estimate of drug-likeness (QED) is 0.925. The summed E-state index contributed by atoms with van der Waals surface area (Å²) in [7, 11) is 0. The van der Waals surface area contributed by atoms with Gasteiger partial charge >= 0.3 is 0 Å². The molecule has 0 radical (unpaired) electrons. The number of rotatable bonds is 4. The Kier molecular flexibility index (Phi) is 4.78. The number of nitrogens with one attached hydrogen (secondary N) is 1. The van der Waals surface area contributed by atoms with Crippen LogP contribution in [0.15, 0.2) is 22.9 Å². The SMILES string of the molecule is CC[C@@H]1CN(c2cc(-c3nc(C)no3)ccn2)CC[C@@H]1NC(C)=O. The molecule has 128 valence electrons. The second-order valence-corrected chi connectivity index (χ2v) is 6.26. The first-order valence-electron chi connectivity index (χ1n) is 8.35. The smallest absolute Gasteiger partial charge is 0.258 e. The van der Waals surface area contributed by atoms with Crippen LogP contribution in [0.2, 0.25) is 0 Å². The highest BCUT2D eigenvalue weighted by molar-refractivity contribution is 5.73. The molecule has 7 heteroatoms. The minimum atomic E-state index is 0.0405. The summed E-state index contributed by atoms with van der Waals surface area (Å²) in [5.41, 5.74) is 0.873. The molecule has 2 atom stereocenters. The number of pyridine rings is 1. The van der Waals surface area contributed by atoms with Gasteiger partial charge in [-0.3, -0.25) is 4.79 Å². The highest BCUT2D eigenvalue weighted by Gasteiger charge is 2.29. The summed E-state index contributed by atoms with van der Waals surface area (Å²) in [5, 5.41) is 6.91. The highest BCUT2D eigenvalue weighted by Crippen LogP contribution is 2.27. The molecule has 0 aromatic carbocycles. The molecule has 0 unspecified atom stereocenters. The van der Waals surface area contributed by atoms with E-state index in [-0.39, 0.29) is 11.9 Å². The number of anilines is 1. The Labute approximate surface area is 141 Å². The zero-order valence-corrected chi connectivity index (χ0v) is 14.3. The molecule has 1 N–H and O–H groups in total. The summed E-state index contributed by atoms with van der Waals surface area (Å²) >= 11 is 0. The van der Waals surface area contributed by atoms with Crippen molar-refractivity contribution in [1.82, 2.24) is 20.4 Å². The van der Waals surface area contributed by atoms with E-state index in [0.717, 1.165) is 37.3 Å². The molecule has 0 saturated carbocycles. The molecule has 2 aromatic rings. The van der Waals surface area contributed by atoms with Crippen LogP contribution >= 0.6 is 0 Å². The molecule has 3 rings (SSSR count). The van der Waals surface area contributed by atoms with Gasteiger partial charge in [0.15, 0.2) is 5.82 Å². The maximum Gasteiger partial charge on any atom is 0.258 e. The third-order valence-electron chi connectivity index (χ3n) is 4.49. The molecule has 24 heavy (non-hydrogen) atoms. The fourth-order valence-electron chi connectivity index (χ4n) is 3.24. The van der Waals surface area contributed by atoms with E-state index in [1.165, 1.54) is 0 Å². The Morgan fingerprint density at radius 1 is 1.50 bits per heavy atom. The minimum absolute atomic E-state index is 0.0405. The van der Waals surface area contributed by atoms with E-state index in [4.69, 9.17) is 4.52 Å². The van der Waals surface area contributed by atoms with Crippen molar-refractivity contribution in [3.63, 3.8) is 0 Å². The van der Waals surface area contributed by atoms with Crippen molar-refractivity contribution in [3.8, 4) is 11.5 Å². The van der Waals surface area contributed by atoms with Gasteiger partial charge in [-0.2, -0.15) is 4.98 Å². The van der Waals surface area contributed by atoms with Crippen molar-refractivity contribution >= 4 is 11.7 Å². The average molecular weight is 329 g/mol.